The Bertz CT molecular complexity index is 423. The van der Waals surface area contributed by atoms with Gasteiger partial charge in [0.05, 0.1) is 12.7 Å². The fourth-order valence-electron chi connectivity index (χ4n) is 3.85. The molecule has 2 unspecified atom stereocenters. The highest BCUT2D eigenvalue weighted by Crippen LogP contribution is 2.34. The third-order valence-corrected chi connectivity index (χ3v) is 5.08. The Morgan fingerprint density at radius 3 is 2.65 bits per heavy atom. The Morgan fingerprint density at radius 2 is 1.85 bits per heavy atom. The number of rotatable bonds is 3. The largest absolute Gasteiger partial charge is 0.373 e. The fourth-order valence-corrected chi connectivity index (χ4v) is 3.85. The van der Waals surface area contributed by atoms with Gasteiger partial charge in [-0.3, -0.25) is 0 Å². The van der Waals surface area contributed by atoms with E-state index in [1.54, 1.807) is 0 Å². The Kier molecular flexibility index (Phi) is 4.74. The maximum absolute atomic E-state index is 6.53. The molecule has 0 saturated heterocycles. The monoisotopic (exact) mass is 273 g/mol. The van der Waals surface area contributed by atoms with Crippen LogP contribution in [0, 0.1) is 5.92 Å². The van der Waals surface area contributed by atoms with Gasteiger partial charge in [0.25, 0.3) is 0 Å². The molecule has 1 fully saturated rings. The summed E-state index contributed by atoms with van der Waals surface area (Å²) in [5.41, 5.74) is 9.36. The molecule has 0 amide bonds. The van der Waals surface area contributed by atoms with Gasteiger partial charge in [0.15, 0.2) is 0 Å². The molecule has 1 heterocycles. The predicted octanol–water partition coefficient (Wildman–Crippen LogP) is 3.99. The quantitative estimate of drug-likeness (QED) is 0.845. The van der Waals surface area contributed by atoms with Crippen LogP contribution in [0.5, 0.6) is 0 Å². The van der Waals surface area contributed by atoms with Crippen molar-refractivity contribution in [3.05, 3.63) is 35.4 Å². The van der Waals surface area contributed by atoms with Gasteiger partial charge in [-0.05, 0) is 42.7 Å². The van der Waals surface area contributed by atoms with E-state index in [2.05, 4.69) is 24.3 Å². The van der Waals surface area contributed by atoms with Crippen molar-refractivity contribution in [1.82, 2.24) is 0 Å². The van der Waals surface area contributed by atoms with Crippen LogP contribution >= 0.6 is 0 Å². The maximum Gasteiger partial charge on any atom is 0.0842 e. The third-order valence-electron chi connectivity index (χ3n) is 5.08. The first-order valence-electron chi connectivity index (χ1n) is 8.29. The lowest BCUT2D eigenvalue weighted by molar-refractivity contribution is 0.0273. The summed E-state index contributed by atoms with van der Waals surface area (Å²) in [7, 11) is 0. The summed E-state index contributed by atoms with van der Waals surface area (Å²) in [6.45, 7) is 0.846. The average Bonchev–Trinajstić information content (AvgIpc) is 2.77. The van der Waals surface area contributed by atoms with Gasteiger partial charge in [0.2, 0.25) is 0 Å². The van der Waals surface area contributed by atoms with Gasteiger partial charge in [-0.2, -0.15) is 0 Å². The molecular formula is C18H27NO. The van der Waals surface area contributed by atoms with E-state index in [1.807, 2.05) is 0 Å². The van der Waals surface area contributed by atoms with Crippen molar-refractivity contribution in [1.29, 1.82) is 0 Å². The molecule has 2 heteroatoms. The Morgan fingerprint density at radius 1 is 1.10 bits per heavy atom. The molecule has 0 spiro atoms. The maximum atomic E-state index is 6.53. The molecule has 1 aliphatic carbocycles. The molecule has 0 bridgehead atoms. The predicted molar refractivity (Wildman–Crippen MR) is 82.6 cm³/mol. The van der Waals surface area contributed by atoms with Gasteiger partial charge in [0, 0.05) is 6.04 Å². The first-order valence-corrected chi connectivity index (χ1v) is 8.29. The molecule has 1 aromatic rings. The van der Waals surface area contributed by atoms with Crippen molar-refractivity contribution in [3.8, 4) is 0 Å². The van der Waals surface area contributed by atoms with Crippen LogP contribution in [0.3, 0.4) is 0 Å². The van der Waals surface area contributed by atoms with E-state index < -0.39 is 0 Å². The molecule has 2 nitrogen and oxygen atoms in total. The molecule has 20 heavy (non-hydrogen) atoms. The summed E-state index contributed by atoms with van der Waals surface area (Å²) in [6, 6.07) is 9.01. The molecule has 2 N–H and O–H groups in total. The Labute approximate surface area is 122 Å². The lowest BCUT2D eigenvalue weighted by atomic mass is 9.86. The molecule has 110 valence electrons. The number of hydrogen-bond acceptors (Lipinski definition) is 2. The zero-order valence-corrected chi connectivity index (χ0v) is 12.4. The second kappa shape index (κ2) is 6.73. The second-order valence-corrected chi connectivity index (χ2v) is 6.46. The van der Waals surface area contributed by atoms with Gasteiger partial charge >= 0.3 is 0 Å². The topological polar surface area (TPSA) is 35.2 Å². The first kappa shape index (κ1) is 14.1. The van der Waals surface area contributed by atoms with E-state index in [0.717, 1.165) is 19.4 Å². The van der Waals surface area contributed by atoms with Crippen LogP contribution in [0.2, 0.25) is 0 Å². The minimum Gasteiger partial charge on any atom is -0.373 e. The van der Waals surface area contributed by atoms with E-state index in [0.29, 0.717) is 12.0 Å². The molecule has 1 aromatic carbocycles. The van der Waals surface area contributed by atoms with E-state index in [9.17, 15) is 0 Å². The van der Waals surface area contributed by atoms with Gasteiger partial charge in [-0.1, -0.05) is 49.9 Å². The average molecular weight is 273 g/mol. The molecule has 2 aliphatic rings. The smallest absolute Gasteiger partial charge is 0.0842 e. The summed E-state index contributed by atoms with van der Waals surface area (Å²) in [6.07, 6.45) is 10.4. The lowest BCUT2D eigenvalue weighted by Gasteiger charge is -2.31. The minimum atomic E-state index is 0.221. The SMILES string of the molecule is NC(CC1OCCc2ccccc21)C1CCCCCC1. The summed E-state index contributed by atoms with van der Waals surface area (Å²) < 4.78 is 6.02. The van der Waals surface area contributed by atoms with Crippen molar-refractivity contribution in [3.63, 3.8) is 0 Å². The summed E-state index contributed by atoms with van der Waals surface area (Å²) >= 11 is 0. The van der Waals surface area contributed by atoms with Crippen LogP contribution in [0.25, 0.3) is 0 Å². The van der Waals surface area contributed by atoms with Crippen LogP contribution in [-0.4, -0.2) is 12.6 Å². The highest BCUT2D eigenvalue weighted by molar-refractivity contribution is 5.31. The van der Waals surface area contributed by atoms with Crippen LogP contribution in [-0.2, 0) is 11.2 Å². The zero-order valence-electron chi connectivity index (χ0n) is 12.4. The van der Waals surface area contributed by atoms with Crippen molar-refractivity contribution in [2.24, 2.45) is 11.7 Å². The Balaban J connectivity index is 1.65. The number of ether oxygens (including phenoxy) is 1. The first-order chi connectivity index (χ1) is 9.84. The van der Waals surface area contributed by atoms with Gasteiger partial charge in [-0.15, -0.1) is 0 Å². The number of nitrogens with two attached hydrogens (primary N) is 1. The molecule has 3 rings (SSSR count). The van der Waals surface area contributed by atoms with Crippen molar-refractivity contribution < 1.29 is 4.74 Å². The standard InChI is InChI=1S/C18H27NO/c19-17(15-8-3-1-2-4-9-15)13-18-16-10-6-5-7-14(16)11-12-20-18/h5-7,10,15,17-18H,1-4,8-9,11-13,19H2. The van der Waals surface area contributed by atoms with Crippen molar-refractivity contribution in [2.75, 3.05) is 6.61 Å². The van der Waals surface area contributed by atoms with Crippen molar-refractivity contribution >= 4 is 0 Å². The van der Waals surface area contributed by atoms with E-state index in [4.69, 9.17) is 10.5 Å². The molecule has 2 atom stereocenters. The fraction of sp³-hybridized carbons (Fsp3) is 0.667. The molecular weight excluding hydrogens is 246 g/mol. The number of benzene rings is 1. The van der Waals surface area contributed by atoms with E-state index in [1.165, 1.54) is 49.7 Å². The summed E-state index contributed by atoms with van der Waals surface area (Å²) in [5.74, 6) is 0.704. The lowest BCUT2D eigenvalue weighted by Crippen LogP contribution is -2.33. The molecule has 0 aromatic heterocycles. The number of hydrogen-bond donors (Lipinski definition) is 1. The minimum absolute atomic E-state index is 0.221. The highest BCUT2D eigenvalue weighted by Gasteiger charge is 2.26. The van der Waals surface area contributed by atoms with E-state index in [-0.39, 0.29) is 6.10 Å². The highest BCUT2D eigenvalue weighted by atomic mass is 16.5. The van der Waals surface area contributed by atoms with Crippen LogP contribution in [0.15, 0.2) is 24.3 Å². The zero-order chi connectivity index (χ0) is 13.8. The van der Waals surface area contributed by atoms with Crippen molar-refractivity contribution in [2.45, 2.75) is 63.5 Å². The van der Waals surface area contributed by atoms with E-state index >= 15 is 0 Å². The molecule has 1 saturated carbocycles. The van der Waals surface area contributed by atoms with Crippen LogP contribution in [0.1, 0.15) is 62.2 Å². The Hall–Kier alpha value is -0.860. The summed E-state index contributed by atoms with van der Waals surface area (Å²) in [5, 5.41) is 0. The number of fused-ring (bicyclic) bond motifs is 1. The van der Waals surface area contributed by atoms with Gasteiger partial charge < -0.3 is 10.5 Å². The second-order valence-electron chi connectivity index (χ2n) is 6.46. The summed E-state index contributed by atoms with van der Waals surface area (Å²) in [4.78, 5) is 0. The van der Waals surface area contributed by atoms with Crippen LogP contribution < -0.4 is 5.73 Å². The normalized spacial score (nSPS) is 25.8. The van der Waals surface area contributed by atoms with Gasteiger partial charge in [0.1, 0.15) is 0 Å². The molecule has 0 radical (unpaired) electrons. The third kappa shape index (κ3) is 3.24. The molecule has 1 aliphatic heterocycles. The van der Waals surface area contributed by atoms with Gasteiger partial charge in [-0.25, -0.2) is 0 Å². The van der Waals surface area contributed by atoms with Crippen LogP contribution in [0.4, 0.5) is 0 Å².